The minimum atomic E-state index is 0. The summed E-state index contributed by atoms with van der Waals surface area (Å²) < 4.78 is 0. The van der Waals surface area contributed by atoms with Crippen molar-refractivity contribution < 1.29 is 0 Å². The first kappa shape index (κ1) is 24.9. The Morgan fingerprint density at radius 2 is 2.10 bits per heavy atom. The van der Waals surface area contributed by atoms with Crippen LogP contribution in [0.5, 0.6) is 0 Å². The van der Waals surface area contributed by atoms with Crippen molar-refractivity contribution in [3.05, 3.63) is 22.4 Å². The average molecular weight is 534 g/mol. The summed E-state index contributed by atoms with van der Waals surface area (Å²) in [5, 5.41) is 9.33. The number of nitrogens with zero attached hydrogens (tertiary/aromatic N) is 3. The van der Waals surface area contributed by atoms with Gasteiger partial charge in [0.15, 0.2) is 5.96 Å². The van der Waals surface area contributed by atoms with Gasteiger partial charge in [-0.15, -0.1) is 35.3 Å². The van der Waals surface area contributed by atoms with E-state index in [0.29, 0.717) is 17.9 Å². The minimum absolute atomic E-state index is 0. The molecule has 0 spiro atoms. The second-order valence-electron chi connectivity index (χ2n) is 8.40. The summed E-state index contributed by atoms with van der Waals surface area (Å²) in [4.78, 5) is 11.6. The van der Waals surface area contributed by atoms with E-state index in [9.17, 15) is 0 Å². The number of nitrogens with one attached hydrogen (secondary N) is 2. The summed E-state index contributed by atoms with van der Waals surface area (Å²) >= 11 is 1.89. The van der Waals surface area contributed by atoms with Crippen molar-refractivity contribution in [2.45, 2.75) is 45.6 Å². The van der Waals surface area contributed by atoms with Gasteiger partial charge in [-0.25, -0.2) is 0 Å². The molecule has 0 aliphatic carbocycles. The zero-order chi connectivity index (χ0) is 19.8. The third kappa shape index (κ3) is 7.36. The van der Waals surface area contributed by atoms with E-state index < -0.39 is 0 Å². The molecule has 3 atom stereocenters. The van der Waals surface area contributed by atoms with E-state index in [0.717, 1.165) is 25.6 Å². The van der Waals surface area contributed by atoms with Gasteiger partial charge < -0.3 is 15.5 Å². The smallest absolute Gasteiger partial charge is 0.191 e. The maximum atomic E-state index is 4.94. The third-order valence-electron chi connectivity index (χ3n) is 6.14. The van der Waals surface area contributed by atoms with Gasteiger partial charge in [0.05, 0.1) is 0 Å². The number of thiophene rings is 1. The molecule has 3 heterocycles. The molecule has 3 rings (SSSR count). The largest absolute Gasteiger partial charge is 0.357 e. The quantitative estimate of drug-likeness (QED) is 0.301. The van der Waals surface area contributed by atoms with Gasteiger partial charge in [-0.1, -0.05) is 13.0 Å². The van der Waals surface area contributed by atoms with Gasteiger partial charge in [0.1, 0.15) is 0 Å². The zero-order valence-electron chi connectivity index (χ0n) is 18.4. The molecule has 2 aliphatic rings. The molecular formula is C22H40IN5S. The number of halogens is 1. The van der Waals surface area contributed by atoms with Crippen molar-refractivity contribution in [3.8, 4) is 0 Å². The number of likely N-dealkylation sites (tertiary alicyclic amines) is 2. The van der Waals surface area contributed by atoms with E-state index in [1.165, 1.54) is 56.7 Å². The van der Waals surface area contributed by atoms with Crippen LogP contribution in [-0.4, -0.2) is 68.6 Å². The molecule has 3 unspecified atom stereocenters. The normalized spacial score (nSPS) is 26.3. The second-order valence-corrected chi connectivity index (χ2v) is 9.38. The molecule has 2 N–H and O–H groups in total. The highest BCUT2D eigenvalue weighted by Crippen LogP contribution is 2.36. The lowest BCUT2D eigenvalue weighted by molar-refractivity contribution is 0.125. The van der Waals surface area contributed by atoms with Gasteiger partial charge in [0, 0.05) is 37.1 Å². The van der Waals surface area contributed by atoms with Gasteiger partial charge in [0.25, 0.3) is 0 Å². The van der Waals surface area contributed by atoms with Crippen LogP contribution in [0.1, 0.15) is 50.4 Å². The number of hydrogen-bond donors (Lipinski definition) is 2. The van der Waals surface area contributed by atoms with Crippen LogP contribution >= 0.6 is 35.3 Å². The van der Waals surface area contributed by atoms with Gasteiger partial charge >= 0.3 is 0 Å². The van der Waals surface area contributed by atoms with E-state index in [4.69, 9.17) is 4.99 Å². The van der Waals surface area contributed by atoms with E-state index in [2.05, 4.69) is 58.8 Å². The number of piperidine rings is 1. The Bertz CT molecular complexity index is 594. The molecular weight excluding hydrogens is 493 g/mol. The Balaban J connectivity index is 0.00000300. The summed E-state index contributed by atoms with van der Waals surface area (Å²) in [5.74, 6) is 2.34. The topological polar surface area (TPSA) is 42.9 Å². The van der Waals surface area contributed by atoms with Crippen LogP contribution in [-0.2, 0) is 0 Å². The van der Waals surface area contributed by atoms with Gasteiger partial charge in [-0.05, 0) is 82.6 Å². The zero-order valence-corrected chi connectivity index (χ0v) is 21.5. The minimum Gasteiger partial charge on any atom is -0.357 e. The van der Waals surface area contributed by atoms with Gasteiger partial charge in [-0.2, -0.15) is 0 Å². The third-order valence-corrected chi connectivity index (χ3v) is 7.08. The van der Waals surface area contributed by atoms with Gasteiger partial charge in [0.2, 0.25) is 0 Å². The predicted molar refractivity (Wildman–Crippen MR) is 137 cm³/mol. The highest BCUT2D eigenvalue weighted by atomic mass is 127. The van der Waals surface area contributed by atoms with Gasteiger partial charge in [-0.3, -0.25) is 9.89 Å². The lowest BCUT2D eigenvalue weighted by atomic mass is 9.88. The molecule has 0 radical (unpaired) electrons. The first-order valence-corrected chi connectivity index (χ1v) is 12.1. The van der Waals surface area contributed by atoms with Crippen LogP contribution in [0.25, 0.3) is 0 Å². The fraction of sp³-hybridized carbons (Fsp3) is 0.773. The summed E-state index contributed by atoms with van der Waals surface area (Å²) in [6, 6.07) is 5.01. The molecule has 29 heavy (non-hydrogen) atoms. The molecule has 2 saturated heterocycles. The van der Waals surface area contributed by atoms with Crippen molar-refractivity contribution in [2.75, 3.05) is 52.9 Å². The molecule has 166 valence electrons. The number of hydrogen-bond acceptors (Lipinski definition) is 4. The van der Waals surface area contributed by atoms with Crippen molar-refractivity contribution in [3.63, 3.8) is 0 Å². The molecule has 5 nitrogen and oxygen atoms in total. The van der Waals surface area contributed by atoms with Crippen LogP contribution in [0.15, 0.2) is 22.5 Å². The van der Waals surface area contributed by atoms with Crippen molar-refractivity contribution in [1.29, 1.82) is 0 Å². The first-order valence-electron chi connectivity index (χ1n) is 11.2. The van der Waals surface area contributed by atoms with Crippen molar-refractivity contribution in [2.24, 2.45) is 16.8 Å². The summed E-state index contributed by atoms with van der Waals surface area (Å²) in [6.45, 7) is 12.2. The molecule has 0 saturated carbocycles. The second kappa shape index (κ2) is 13.1. The van der Waals surface area contributed by atoms with Crippen molar-refractivity contribution in [1.82, 2.24) is 20.4 Å². The van der Waals surface area contributed by atoms with Crippen LogP contribution in [0.2, 0.25) is 0 Å². The summed E-state index contributed by atoms with van der Waals surface area (Å²) in [7, 11) is 2.28. The highest BCUT2D eigenvalue weighted by Gasteiger charge is 2.31. The number of aliphatic imine (C=N–C) groups is 1. The molecule has 1 aromatic rings. The Morgan fingerprint density at radius 3 is 2.83 bits per heavy atom. The van der Waals surface area contributed by atoms with Crippen LogP contribution in [0.4, 0.5) is 0 Å². The Kier molecular flexibility index (Phi) is 11.3. The van der Waals surface area contributed by atoms with Crippen molar-refractivity contribution >= 4 is 41.3 Å². The monoisotopic (exact) mass is 533 g/mol. The Hall–Kier alpha value is -0.380. The number of guanidine groups is 1. The molecule has 7 heteroatoms. The predicted octanol–water partition coefficient (Wildman–Crippen LogP) is 4.04. The standard InChI is InChI=1S/C22H39N5S.HI/c1-4-11-27-13-10-18(17-27)15-24-22(23-5-2)25-16-19-8-6-12-26(3)21(19)20-9-7-14-28-20;/h7,9,14,18-19,21H,4-6,8,10-13,15-17H2,1-3H3,(H2,23,24,25);1H. The van der Waals surface area contributed by atoms with E-state index in [-0.39, 0.29) is 24.0 Å². The molecule has 1 aromatic heterocycles. The molecule has 0 bridgehead atoms. The Labute approximate surface area is 198 Å². The SMILES string of the molecule is CCCN1CCC(CN=C(NCC)NCC2CCCN(C)C2c2cccs2)C1.I. The fourth-order valence-corrected chi connectivity index (χ4v) is 5.74. The summed E-state index contributed by atoms with van der Waals surface area (Å²) in [6.07, 6.45) is 5.11. The number of rotatable bonds is 8. The lowest BCUT2D eigenvalue weighted by Gasteiger charge is -2.39. The molecule has 0 aromatic carbocycles. The van der Waals surface area contributed by atoms with E-state index in [1.807, 2.05) is 11.3 Å². The lowest BCUT2D eigenvalue weighted by Crippen LogP contribution is -2.45. The molecule has 2 fully saturated rings. The highest BCUT2D eigenvalue weighted by molar-refractivity contribution is 14.0. The molecule has 0 amide bonds. The van der Waals surface area contributed by atoms with Crippen LogP contribution in [0.3, 0.4) is 0 Å². The molecule has 2 aliphatic heterocycles. The average Bonchev–Trinajstić information content (AvgIpc) is 3.36. The van der Waals surface area contributed by atoms with E-state index in [1.54, 1.807) is 0 Å². The first-order chi connectivity index (χ1) is 13.7. The maximum absolute atomic E-state index is 4.94. The van der Waals surface area contributed by atoms with Crippen LogP contribution < -0.4 is 10.6 Å². The van der Waals surface area contributed by atoms with Crippen LogP contribution in [0, 0.1) is 11.8 Å². The fourth-order valence-electron chi connectivity index (χ4n) is 4.75. The van der Waals surface area contributed by atoms with E-state index >= 15 is 0 Å². The summed E-state index contributed by atoms with van der Waals surface area (Å²) in [5.41, 5.74) is 0. The Morgan fingerprint density at radius 1 is 1.24 bits per heavy atom. The maximum Gasteiger partial charge on any atom is 0.191 e.